The van der Waals surface area contributed by atoms with Crippen LogP contribution in [-0.2, 0) is 27.9 Å². The smallest absolute Gasteiger partial charge is 0.465 e. The first-order chi connectivity index (χ1) is 26.7. The van der Waals surface area contributed by atoms with Crippen molar-refractivity contribution in [2.45, 2.75) is 204 Å². The van der Waals surface area contributed by atoms with E-state index in [4.69, 9.17) is 13.8 Å². The first kappa shape index (κ1) is 56.2. The number of ketones is 1. The molecule has 9 heteroatoms. The zero-order chi connectivity index (χ0) is 43.3. The summed E-state index contributed by atoms with van der Waals surface area (Å²) in [6.07, 6.45) is 24.6. The van der Waals surface area contributed by atoms with Gasteiger partial charge in [-0.3, -0.25) is 18.6 Å². The van der Waals surface area contributed by atoms with Crippen LogP contribution in [0, 0.1) is 47.3 Å². The van der Waals surface area contributed by atoms with E-state index in [2.05, 4.69) is 62.3 Å². The number of Topliss-reactive ketones (excluding diaryl/α,β-unsaturated/α-hetero) is 1. The Bertz CT molecular complexity index is 1040. The molecule has 0 heterocycles. The number of rotatable bonds is 39. The molecule has 0 rings (SSSR count). The summed E-state index contributed by atoms with van der Waals surface area (Å²) in [7, 11) is 1.60. The fraction of sp³-hybridized carbons (Fsp3) is 0.958. The van der Waals surface area contributed by atoms with Crippen molar-refractivity contribution in [3.63, 3.8) is 0 Å². The highest BCUT2D eigenvalue weighted by molar-refractivity contribution is 7.47. The van der Waals surface area contributed by atoms with Crippen molar-refractivity contribution < 1.29 is 37.3 Å². The standard InChI is InChI=1S/C48H96NO7P/c1-39(2)22-18-26-41(5)24-16-14-13-15-17-25-45(9)35-48(51)54-37-46(38-56-57(52,53)55-33-32-49(10,11)12)36-47(50)34-44(8)31-21-30-43(7)29-20-28-42(6)27-19-23-40(3)4/h39-46H,13-38H2,1-12H3/p+1/t41-,42-,43+,44-,45+,46-/m1/s1. The Balaban J connectivity index is 4.74. The van der Waals surface area contributed by atoms with Gasteiger partial charge >= 0.3 is 13.8 Å². The van der Waals surface area contributed by atoms with Gasteiger partial charge in [0.25, 0.3) is 0 Å². The van der Waals surface area contributed by atoms with Crippen LogP contribution < -0.4 is 0 Å². The molecule has 0 radical (unpaired) electrons. The molecule has 0 aromatic heterocycles. The van der Waals surface area contributed by atoms with Gasteiger partial charge < -0.3 is 14.1 Å². The van der Waals surface area contributed by atoms with Crippen molar-refractivity contribution in [1.82, 2.24) is 0 Å². The van der Waals surface area contributed by atoms with Gasteiger partial charge in [-0.2, -0.15) is 0 Å². The summed E-state index contributed by atoms with van der Waals surface area (Å²) >= 11 is 0. The number of carbonyl (C=O) groups excluding carboxylic acids is 2. The number of hydrogen-bond acceptors (Lipinski definition) is 6. The average Bonchev–Trinajstić information content (AvgIpc) is 3.08. The lowest BCUT2D eigenvalue weighted by molar-refractivity contribution is -0.870. The predicted molar refractivity (Wildman–Crippen MR) is 241 cm³/mol. The number of unbranched alkanes of at least 4 members (excludes halogenated alkanes) is 4. The fourth-order valence-electron chi connectivity index (χ4n) is 7.71. The largest absolute Gasteiger partial charge is 0.472 e. The van der Waals surface area contributed by atoms with Crippen LogP contribution in [0.25, 0.3) is 0 Å². The molecule has 0 saturated heterocycles. The third kappa shape index (κ3) is 37.9. The number of phosphoric acid groups is 1. The van der Waals surface area contributed by atoms with E-state index in [1.165, 1.54) is 96.3 Å². The number of likely N-dealkylation sites (N-methyl/N-ethyl adjacent to an activating group) is 1. The Hall–Kier alpha value is -0.790. The van der Waals surface area contributed by atoms with Crippen LogP contribution in [0.1, 0.15) is 204 Å². The number of esters is 1. The molecular weight excluding hydrogens is 734 g/mol. The molecule has 0 bridgehead atoms. The molecule has 57 heavy (non-hydrogen) atoms. The number of hydrogen-bond donors (Lipinski definition) is 1. The van der Waals surface area contributed by atoms with Crippen LogP contribution >= 0.6 is 7.82 Å². The Morgan fingerprint density at radius 2 is 0.912 bits per heavy atom. The van der Waals surface area contributed by atoms with Gasteiger partial charge in [0.1, 0.15) is 18.9 Å². The highest BCUT2D eigenvalue weighted by Crippen LogP contribution is 2.43. The van der Waals surface area contributed by atoms with Crippen LogP contribution in [0.4, 0.5) is 0 Å². The Kier molecular flexibility index (Phi) is 32.5. The van der Waals surface area contributed by atoms with E-state index < -0.39 is 13.7 Å². The molecule has 0 spiro atoms. The summed E-state index contributed by atoms with van der Waals surface area (Å²) in [5, 5.41) is 0. The van der Waals surface area contributed by atoms with E-state index in [0.717, 1.165) is 49.4 Å². The van der Waals surface area contributed by atoms with Gasteiger partial charge in [-0.1, -0.05) is 184 Å². The molecule has 1 N–H and O–H groups in total. The molecule has 0 fully saturated rings. The summed E-state index contributed by atoms with van der Waals surface area (Å²) in [6, 6.07) is 0. The van der Waals surface area contributed by atoms with Crippen LogP contribution in [0.3, 0.4) is 0 Å². The zero-order valence-electron chi connectivity index (χ0n) is 39.8. The van der Waals surface area contributed by atoms with Gasteiger partial charge in [-0.05, 0) is 41.4 Å². The van der Waals surface area contributed by atoms with Crippen LogP contribution in [0.2, 0.25) is 0 Å². The molecule has 0 aromatic rings. The molecule has 0 aliphatic rings. The van der Waals surface area contributed by atoms with E-state index >= 15 is 0 Å². The maximum atomic E-state index is 13.3. The van der Waals surface area contributed by atoms with Crippen LogP contribution in [0.15, 0.2) is 0 Å². The molecule has 0 aliphatic carbocycles. The van der Waals surface area contributed by atoms with E-state index in [-0.39, 0.29) is 49.8 Å². The third-order valence-corrected chi connectivity index (χ3v) is 12.7. The van der Waals surface area contributed by atoms with Gasteiger partial charge in [0.05, 0.1) is 34.4 Å². The lowest BCUT2D eigenvalue weighted by Gasteiger charge is -2.24. The molecule has 340 valence electrons. The van der Waals surface area contributed by atoms with Gasteiger partial charge in [0.2, 0.25) is 0 Å². The Morgan fingerprint density at radius 1 is 0.509 bits per heavy atom. The fourth-order valence-corrected chi connectivity index (χ4v) is 8.50. The molecule has 1 unspecified atom stereocenters. The van der Waals surface area contributed by atoms with Crippen molar-refractivity contribution in [2.75, 3.05) is 47.5 Å². The van der Waals surface area contributed by atoms with Crippen molar-refractivity contribution >= 4 is 19.6 Å². The number of phosphoric ester groups is 1. The first-order valence-electron chi connectivity index (χ1n) is 23.8. The molecule has 0 amide bonds. The minimum absolute atomic E-state index is 0.0195. The maximum Gasteiger partial charge on any atom is 0.472 e. The van der Waals surface area contributed by atoms with Gasteiger partial charge in [-0.15, -0.1) is 0 Å². The summed E-state index contributed by atoms with van der Waals surface area (Å²) < 4.78 is 29.5. The maximum absolute atomic E-state index is 13.3. The third-order valence-electron chi connectivity index (χ3n) is 11.7. The van der Waals surface area contributed by atoms with Crippen LogP contribution in [0.5, 0.6) is 0 Å². The Morgan fingerprint density at radius 3 is 1.39 bits per heavy atom. The van der Waals surface area contributed by atoms with E-state index in [9.17, 15) is 19.0 Å². The van der Waals surface area contributed by atoms with Gasteiger partial charge in [0.15, 0.2) is 0 Å². The summed E-state index contributed by atoms with van der Waals surface area (Å²) in [5.74, 6) is 3.66. The summed E-state index contributed by atoms with van der Waals surface area (Å²) in [5.41, 5.74) is 0. The van der Waals surface area contributed by atoms with Gasteiger partial charge in [-0.25, -0.2) is 4.57 Å². The second-order valence-electron chi connectivity index (χ2n) is 20.7. The molecule has 8 nitrogen and oxygen atoms in total. The number of nitrogens with zero attached hydrogens (tertiary/aromatic N) is 1. The van der Waals surface area contributed by atoms with E-state index in [1.807, 2.05) is 21.1 Å². The second-order valence-corrected chi connectivity index (χ2v) is 22.1. The molecule has 0 aromatic carbocycles. The molecule has 7 atom stereocenters. The number of carbonyl (C=O) groups is 2. The second kappa shape index (κ2) is 32.9. The molecule has 0 saturated carbocycles. The quantitative estimate of drug-likeness (QED) is 0.0285. The summed E-state index contributed by atoms with van der Waals surface area (Å²) in [4.78, 5) is 36.5. The minimum Gasteiger partial charge on any atom is -0.465 e. The Labute approximate surface area is 354 Å². The molecule has 0 aliphatic heterocycles. The minimum atomic E-state index is -4.32. The monoisotopic (exact) mass is 831 g/mol. The van der Waals surface area contributed by atoms with Crippen molar-refractivity contribution in [3.05, 3.63) is 0 Å². The van der Waals surface area contributed by atoms with Gasteiger partial charge in [0, 0.05) is 25.2 Å². The first-order valence-corrected chi connectivity index (χ1v) is 25.3. The topological polar surface area (TPSA) is 99.1 Å². The van der Waals surface area contributed by atoms with E-state index in [1.54, 1.807) is 0 Å². The normalized spacial score (nSPS) is 16.6. The lowest BCUT2D eigenvalue weighted by atomic mass is 9.89. The zero-order valence-corrected chi connectivity index (χ0v) is 40.7. The average molecular weight is 831 g/mol. The number of quaternary nitrogens is 1. The predicted octanol–water partition coefficient (Wildman–Crippen LogP) is 13.6. The van der Waals surface area contributed by atoms with Crippen molar-refractivity contribution in [3.8, 4) is 0 Å². The SMILES string of the molecule is CC(C)CCC[C@H](C)CCCCCCC[C@H](C)CC(=O)OC[C@H](COP(=O)(O)OCC[N+](C)(C)C)CC(=O)C[C@H](C)CCC[C@@H](C)CCC[C@H](C)CCCC(C)C. The summed E-state index contributed by atoms with van der Waals surface area (Å²) in [6.45, 7) is 21.0. The van der Waals surface area contributed by atoms with Crippen molar-refractivity contribution in [2.24, 2.45) is 47.3 Å². The molecular formula is C48H97NO7P+. The highest BCUT2D eigenvalue weighted by Gasteiger charge is 2.27. The number of ether oxygens (including phenoxy) is 1. The highest BCUT2D eigenvalue weighted by atomic mass is 31.2. The van der Waals surface area contributed by atoms with Crippen LogP contribution in [-0.4, -0.2) is 68.6 Å². The lowest BCUT2D eigenvalue weighted by Crippen LogP contribution is -2.37. The van der Waals surface area contributed by atoms with E-state index in [0.29, 0.717) is 29.8 Å². The van der Waals surface area contributed by atoms with Crippen molar-refractivity contribution in [1.29, 1.82) is 0 Å².